The SMILES string of the molecule is CCOC(=O)C1(C)C(=O)Nc2cc3nc(-c4cc(C)[nH]n4)[nH]c3cc21. The number of H-pyrrole nitrogens is 2. The van der Waals surface area contributed by atoms with Gasteiger partial charge in [-0.05, 0) is 39.0 Å². The van der Waals surface area contributed by atoms with Crippen molar-refractivity contribution in [3.05, 3.63) is 29.5 Å². The van der Waals surface area contributed by atoms with Crippen molar-refractivity contribution < 1.29 is 14.3 Å². The highest BCUT2D eigenvalue weighted by atomic mass is 16.5. The van der Waals surface area contributed by atoms with Crippen molar-refractivity contribution in [1.29, 1.82) is 0 Å². The third kappa shape index (κ3) is 2.14. The molecule has 25 heavy (non-hydrogen) atoms. The fraction of sp³-hybridized carbons (Fsp3) is 0.294. The second kappa shape index (κ2) is 5.17. The normalized spacial score (nSPS) is 19.1. The highest BCUT2D eigenvalue weighted by molar-refractivity contribution is 6.19. The molecule has 3 N–H and O–H groups in total. The monoisotopic (exact) mass is 339 g/mol. The molecule has 0 bridgehead atoms. The molecule has 1 amide bonds. The summed E-state index contributed by atoms with van der Waals surface area (Å²) in [7, 11) is 0. The van der Waals surface area contributed by atoms with Crippen LogP contribution in [0.1, 0.15) is 25.1 Å². The number of hydrogen-bond acceptors (Lipinski definition) is 5. The molecular formula is C17H17N5O3. The lowest BCUT2D eigenvalue weighted by Gasteiger charge is -2.19. The van der Waals surface area contributed by atoms with Gasteiger partial charge in [-0.2, -0.15) is 5.10 Å². The van der Waals surface area contributed by atoms with Gasteiger partial charge in [-0.15, -0.1) is 0 Å². The number of aromatic amines is 2. The van der Waals surface area contributed by atoms with Gasteiger partial charge in [0.1, 0.15) is 5.69 Å². The number of hydrogen-bond donors (Lipinski definition) is 3. The summed E-state index contributed by atoms with van der Waals surface area (Å²) < 4.78 is 5.11. The van der Waals surface area contributed by atoms with Crippen molar-refractivity contribution >= 4 is 28.6 Å². The minimum atomic E-state index is -1.37. The van der Waals surface area contributed by atoms with Crippen LogP contribution in [0.25, 0.3) is 22.6 Å². The van der Waals surface area contributed by atoms with Gasteiger partial charge in [0.25, 0.3) is 0 Å². The van der Waals surface area contributed by atoms with Crippen LogP contribution in [0, 0.1) is 6.92 Å². The summed E-state index contributed by atoms with van der Waals surface area (Å²) in [5.74, 6) is -0.336. The molecule has 0 saturated carbocycles. The molecule has 8 nitrogen and oxygen atoms in total. The maximum atomic E-state index is 12.4. The lowest BCUT2D eigenvalue weighted by atomic mass is 9.83. The molecule has 1 aliphatic rings. The maximum Gasteiger partial charge on any atom is 0.326 e. The third-order valence-corrected chi connectivity index (χ3v) is 4.49. The van der Waals surface area contributed by atoms with E-state index >= 15 is 0 Å². The smallest absolute Gasteiger partial charge is 0.326 e. The van der Waals surface area contributed by atoms with Crippen molar-refractivity contribution in [1.82, 2.24) is 20.2 Å². The second-order valence-electron chi connectivity index (χ2n) is 6.24. The molecule has 1 aromatic carbocycles. The zero-order valence-corrected chi connectivity index (χ0v) is 14.1. The Hall–Kier alpha value is -3.16. The number of fused-ring (bicyclic) bond motifs is 2. The number of carbonyl (C=O) groups excluding carboxylic acids is 2. The van der Waals surface area contributed by atoms with Crippen LogP contribution in [-0.2, 0) is 19.7 Å². The van der Waals surface area contributed by atoms with Crippen LogP contribution in [0.2, 0.25) is 0 Å². The molecule has 1 aliphatic heterocycles. The second-order valence-corrected chi connectivity index (χ2v) is 6.24. The Morgan fingerprint density at radius 1 is 1.32 bits per heavy atom. The number of benzene rings is 1. The van der Waals surface area contributed by atoms with E-state index in [0.29, 0.717) is 28.3 Å². The quantitative estimate of drug-likeness (QED) is 0.499. The number of aryl methyl sites for hydroxylation is 1. The third-order valence-electron chi connectivity index (χ3n) is 4.49. The molecule has 4 rings (SSSR count). The van der Waals surface area contributed by atoms with E-state index in [1.54, 1.807) is 26.0 Å². The first-order valence-corrected chi connectivity index (χ1v) is 7.98. The zero-order chi connectivity index (χ0) is 17.8. The lowest BCUT2D eigenvalue weighted by Crippen LogP contribution is -2.40. The summed E-state index contributed by atoms with van der Waals surface area (Å²) in [4.78, 5) is 32.5. The summed E-state index contributed by atoms with van der Waals surface area (Å²) in [5.41, 5.74) is 2.82. The van der Waals surface area contributed by atoms with Crippen LogP contribution in [0.5, 0.6) is 0 Å². The average Bonchev–Trinajstić information content (AvgIpc) is 3.24. The van der Waals surface area contributed by atoms with Crippen LogP contribution >= 0.6 is 0 Å². The Balaban J connectivity index is 1.84. The van der Waals surface area contributed by atoms with E-state index in [1.165, 1.54) is 0 Å². The van der Waals surface area contributed by atoms with E-state index in [1.807, 2.05) is 13.0 Å². The highest BCUT2D eigenvalue weighted by Gasteiger charge is 2.50. The zero-order valence-electron chi connectivity index (χ0n) is 14.1. The largest absolute Gasteiger partial charge is 0.465 e. The van der Waals surface area contributed by atoms with Crippen LogP contribution in [0.15, 0.2) is 18.2 Å². The molecule has 0 saturated heterocycles. The number of aromatic nitrogens is 4. The molecular weight excluding hydrogens is 322 g/mol. The van der Waals surface area contributed by atoms with Crippen molar-refractivity contribution in [3.8, 4) is 11.5 Å². The first-order chi connectivity index (χ1) is 11.9. The molecule has 3 heterocycles. The molecule has 128 valence electrons. The molecule has 3 aromatic rings. The van der Waals surface area contributed by atoms with Gasteiger partial charge < -0.3 is 15.0 Å². The number of rotatable bonds is 3. The fourth-order valence-electron chi connectivity index (χ4n) is 3.08. The van der Waals surface area contributed by atoms with E-state index in [9.17, 15) is 9.59 Å². The minimum Gasteiger partial charge on any atom is -0.465 e. The van der Waals surface area contributed by atoms with Crippen molar-refractivity contribution in [2.24, 2.45) is 0 Å². The van der Waals surface area contributed by atoms with Crippen LogP contribution < -0.4 is 5.32 Å². The van der Waals surface area contributed by atoms with E-state index in [4.69, 9.17) is 4.74 Å². The predicted molar refractivity (Wildman–Crippen MR) is 91.0 cm³/mol. The van der Waals surface area contributed by atoms with E-state index in [0.717, 1.165) is 11.2 Å². The summed E-state index contributed by atoms with van der Waals surface area (Å²) >= 11 is 0. The number of amides is 1. The molecule has 0 radical (unpaired) electrons. The lowest BCUT2D eigenvalue weighted by molar-refractivity contribution is -0.152. The summed E-state index contributed by atoms with van der Waals surface area (Å²) in [5, 5.41) is 9.82. The van der Waals surface area contributed by atoms with Crippen LogP contribution in [-0.4, -0.2) is 38.6 Å². The van der Waals surface area contributed by atoms with Gasteiger partial charge in [-0.25, -0.2) is 4.98 Å². The number of anilines is 1. The first-order valence-electron chi connectivity index (χ1n) is 7.98. The number of nitrogens with zero attached hydrogens (tertiary/aromatic N) is 2. The molecule has 0 aliphatic carbocycles. The van der Waals surface area contributed by atoms with Crippen LogP contribution in [0.4, 0.5) is 5.69 Å². The van der Waals surface area contributed by atoms with Crippen LogP contribution in [0.3, 0.4) is 0 Å². The average molecular weight is 339 g/mol. The Morgan fingerprint density at radius 2 is 2.12 bits per heavy atom. The number of carbonyl (C=O) groups is 2. The molecule has 0 fully saturated rings. The Morgan fingerprint density at radius 3 is 2.80 bits per heavy atom. The summed E-state index contributed by atoms with van der Waals surface area (Å²) in [6, 6.07) is 5.41. The first kappa shape index (κ1) is 15.4. The highest BCUT2D eigenvalue weighted by Crippen LogP contribution is 2.40. The Kier molecular flexibility index (Phi) is 3.18. The molecule has 0 spiro atoms. The number of esters is 1. The van der Waals surface area contributed by atoms with E-state index in [-0.39, 0.29) is 6.61 Å². The topological polar surface area (TPSA) is 113 Å². The van der Waals surface area contributed by atoms with Gasteiger partial charge in [0.05, 0.1) is 17.6 Å². The van der Waals surface area contributed by atoms with Gasteiger partial charge in [-0.3, -0.25) is 14.7 Å². The van der Waals surface area contributed by atoms with Gasteiger partial charge in [0, 0.05) is 16.9 Å². The number of nitrogens with one attached hydrogen (secondary N) is 3. The fourth-order valence-corrected chi connectivity index (χ4v) is 3.08. The van der Waals surface area contributed by atoms with E-state index < -0.39 is 17.3 Å². The molecule has 8 heteroatoms. The molecule has 2 aromatic heterocycles. The van der Waals surface area contributed by atoms with Crippen molar-refractivity contribution in [2.75, 3.05) is 11.9 Å². The van der Waals surface area contributed by atoms with Crippen molar-refractivity contribution in [2.45, 2.75) is 26.2 Å². The summed E-state index contributed by atoms with van der Waals surface area (Å²) in [6.07, 6.45) is 0. The maximum absolute atomic E-state index is 12.4. The minimum absolute atomic E-state index is 0.214. The van der Waals surface area contributed by atoms with Gasteiger partial charge >= 0.3 is 5.97 Å². The molecule has 1 atom stereocenters. The Bertz CT molecular complexity index is 1020. The Labute approximate surface area is 143 Å². The van der Waals surface area contributed by atoms with Gasteiger partial charge in [0.15, 0.2) is 11.2 Å². The van der Waals surface area contributed by atoms with Gasteiger partial charge in [0.2, 0.25) is 5.91 Å². The summed E-state index contributed by atoms with van der Waals surface area (Å²) in [6.45, 7) is 5.41. The number of ether oxygens (including phenoxy) is 1. The van der Waals surface area contributed by atoms with Gasteiger partial charge in [-0.1, -0.05) is 0 Å². The van der Waals surface area contributed by atoms with Crippen molar-refractivity contribution in [3.63, 3.8) is 0 Å². The number of imidazole rings is 1. The molecule has 1 unspecified atom stereocenters. The van der Waals surface area contributed by atoms with E-state index in [2.05, 4.69) is 25.5 Å². The predicted octanol–water partition coefficient (Wildman–Crippen LogP) is 2.03. The standard InChI is InChI=1S/C17H17N5O3/c1-4-25-16(24)17(3)9-6-11-12(7-10(9)20-15(17)23)19-14(18-11)13-5-8(2)21-22-13/h5-7H,4H2,1-3H3,(H,18,19)(H,20,23)(H,21,22).